The monoisotopic (exact) mass is 263 g/mol. The molecule has 0 saturated heterocycles. The molecule has 0 amide bonds. The second-order valence-corrected chi connectivity index (χ2v) is 5.82. The number of benzene rings is 1. The number of nitrogens with one attached hydrogen (secondary N) is 1. The summed E-state index contributed by atoms with van der Waals surface area (Å²) >= 11 is 1.73. The lowest BCUT2D eigenvalue weighted by atomic mass is 10.0. The normalized spacial score (nSPS) is 12.7. The molecule has 18 heavy (non-hydrogen) atoms. The van der Waals surface area contributed by atoms with Gasteiger partial charge in [-0.15, -0.1) is 11.3 Å². The highest BCUT2D eigenvalue weighted by Gasteiger charge is 2.17. The predicted octanol–water partition coefficient (Wildman–Crippen LogP) is 5.00. The predicted molar refractivity (Wildman–Crippen MR) is 76.7 cm³/mol. The average Bonchev–Trinajstić information content (AvgIpc) is 2.83. The van der Waals surface area contributed by atoms with Gasteiger partial charge in [0.2, 0.25) is 0 Å². The maximum atomic E-state index is 13.3. The van der Waals surface area contributed by atoms with Crippen molar-refractivity contribution in [3.05, 3.63) is 52.0 Å². The first-order valence-corrected chi connectivity index (χ1v) is 7.02. The molecule has 0 bridgehead atoms. The van der Waals surface area contributed by atoms with Crippen molar-refractivity contribution in [2.24, 2.45) is 5.92 Å². The molecule has 96 valence electrons. The molecule has 0 radical (unpaired) electrons. The zero-order chi connectivity index (χ0) is 13.1. The Balaban J connectivity index is 2.27. The lowest BCUT2D eigenvalue weighted by Gasteiger charge is -2.23. The smallest absolute Gasteiger partial charge is 0.125 e. The Hall–Kier alpha value is -1.35. The van der Waals surface area contributed by atoms with Gasteiger partial charge >= 0.3 is 0 Å². The van der Waals surface area contributed by atoms with Crippen LogP contribution in [0.2, 0.25) is 0 Å². The van der Waals surface area contributed by atoms with Gasteiger partial charge in [-0.05, 0) is 42.0 Å². The Labute approximate surface area is 112 Å². The topological polar surface area (TPSA) is 12.0 Å². The summed E-state index contributed by atoms with van der Waals surface area (Å²) in [4.78, 5) is 1.29. The van der Waals surface area contributed by atoms with E-state index in [0.29, 0.717) is 5.92 Å². The molecular weight excluding hydrogens is 245 g/mol. The summed E-state index contributed by atoms with van der Waals surface area (Å²) in [5.41, 5.74) is 1.95. The van der Waals surface area contributed by atoms with Gasteiger partial charge in [0.15, 0.2) is 0 Å². The van der Waals surface area contributed by atoms with Crippen molar-refractivity contribution in [1.82, 2.24) is 0 Å². The van der Waals surface area contributed by atoms with E-state index in [-0.39, 0.29) is 11.9 Å². The summed E-state index contributed by atoms with van der Waals surface area (Å²) < 4.78 is 13.3. The van der Waals surface area contributed by atoms with Crippen molar-refractivity contribution < 1.29 is 4.39 Å². The van der Waals surface area contributed by atoms with Crippen molar-refractivity contribution in [3.8, 4) is 0 Å². The van der Waals surface area contributed by atoms with E-state index in [4.69, 9.17) is 0 Å². The van der Waals surface area contributed by atoms with Crippen LogP contribution in [-0.4, -0.2) is 0 Å². The standard InChI is InChI=1S/C15H18FNS/c1-10(2)15(14-5-4-8-18-14)17-13-9-12(16)7-6-11(13)3/h4-10,15,17H,1-3H3. The lowest BCUT2D eigenvalue weighted by molar-refractivity contribution is 0.552. The van der Waals surface area contributed by atoms with E-state index in [0.717, 1.165) is 11.3 Å². The Bertz CT molecular complexity index is 505. The van der Waals surface area contributed by atoms with Crippen LogP contribution in [0, 0.1) is 18.7 Å². The molecule has 1 aromatic carbocycles. The highest BCUT2D eigenvalue weighted by atomic mass is 32.1. The summed E-state index contributed by atoms with van der Waals surface area (Å²) in [6, 6.07) is 9.27. The number of hydrogen-bond donors (Lipinski definition) is 1. The molecule has 0 fully saturated rings. The van der Waals surface area contributed by atoms with Crippen LogP contribution in [0.5, 0.6) is 0 Å². The second-order valence-electron chi connectivity index (χ2n) is 4.84. The molecule has 3 heteroatoms. The van der Waals surface area contributed by atoms with Gasteiger partial charge in [-0.3, -0.25) is 0 Å². The summed E-state index contributed by atoms with van der Waals surface area (Å²) in [6.45, 7) is 6.34. The molecule has 0 aliphatic heterocycles. The van der Waals surface area contributed by atoms with E-state index in [1.807, 2.05) is 13.0 Å². The van der Waals surface area contributed by atoms with E-state index in [1.165, 1.54) is 10.9 Å². The van der Waals surface area contributed by atoms with E-state index >= 15 is 0 Å². The third-order valence-electron chi connectivity index (χ3n) is 3.03. The minimum atomic E-state index is -0.197. The van der Waals surface area contributed by atoms with Gasteiger partial charge in [0.05, 0.1) is 6.04 Å². The molecule has 1 nitrogen and oxygen atoms in total. The largest absolute Gasteiger partial charge is 0.377 e. The summed E-state index contributed by atoms with van der Waals surface area (Å²) in [5.74, 6) is 0.253. The molecule has 2 rings (SSSR count). The number of thiophene rings is 1. The van der Waals surface area contributed by atoms with Gasteiger partial charge in [-0.1, -0.05) is 26.0 Å². The molecule has 0 saturated carbocycles. The number of aryl methyl sites for hydroxylation is 1. The van der Waals surface area contributed by atoms with Crippen LogP contribution in [0.1, 0.15) is 30.3 Å². The van der Waals surface area contributed by atoms with Gasteiger partial charge in [-0.2, -0.15) is 0 Å². The minimum Gasteiger partial charge on any atom is -0.377 e. The Morgan fingerprint density at radius 3 is 2.61 bits per heavy atom. The number of rotatable bonds is 4. The molecule has 0 aliphatic rings. The fourth-order valence-corrected chi connectivity index (χ4v) is 2.90. The number of halogens is 1. The first-order valence-electron chi connectivity index (χ1n) is 6.14. The summed E-state index contributed by atoms with van der Waals surface area (Å²) in [6.07, 6.45) is 0. The third-order valence-corrected chi connectivity index (χ3v) is 3.98. The van der Waals surface area contributed by atoms with Crippen molar-refractivity contribution >= 4 is 17.0 Å². The Morgan fingerprint density at radius 1 is 1.22 bits per heavy atom. The Morgan fingerprint density at radius 2 is 2.00 bits per heavy atom. The third kappa shape index (κ3) is 2.91. The second kappa shape index (κ2) is 5.53. The fourth-order valence-electron chi connectivity index (χ4n) is 1.95. The van der Waals surface area contributed by atoms with Crippen LogP contribution in [0.4, 0.5) is 10.1 Å². The van der Waals surface area contributed by atoms with Crippen molar-refractivity contribution in [2.45, 2.75) is 26.8 Å². The van der Waals surface area contributed by atoms with Crippen LogP contribution in [0.25, 0.3) is 0 Å². The molecule has 0 spiro atoms. The van der Waals surface area contributed by atoms with Crippen LogP contribution >= 0.6 is 11.3 Å². The molecule has 1 aromatic heterocycles. The highest BCUT2D eigenvalue weighted by molar-refractivity contribution is 7.10. The molecule has 1 N–H and O–H groups in total. The van der Waals surface area contributed by atoms with E-state index in [9.17, 15) is 4.39 Å². The molecular formula is C15H18FNS. The van der Waals surface area contributed by atoms with E-state index in [1.54, 1.807) is 17.4 Å². The maximum Gasteiger partial charge on any atom is 0.125 e. The van der Waals surface area contributed by atoms with E-state index < -0.39 is 0 Å². The summed E-state index contributed by atoms with van der Waals surface area (Å²) in [5, 5.41) is 5.53. The van der Waals surface area contributed by atoms with Crippen LogP contribution in [0.15, 0.2) is 35.7 Å². The molecule has 1 unspecified atom stereocenters. The van der Waals surface area contributed by atoms with Crippen molar-refractivity contribution in [2.75, 3.05) is 5.32 Å². The number of hydrogen-bond acceptors (Lipinski definition) is 2. The minimum absolute atomic E-state index is 0.197. The van der Waals surface area contributed by atoms with Crippen LogP contribution < -0.4 is 5.32 Å². The molecule has 1 atom stereocenters. The highest BCUT2D eigenvalue weighted by Crippen LogP contribution is 2.31. The zero-order valence-electron chi connectivity index (χ0n) is 10.9. The number of anilines is 1. The SMILES string of the molecule is Cc1ccc(F)cc1NC(c1cccs1)C(C)C. The maximum absolute atomic E-state index is 13.3. The molecule has 1 heterocycles. The zero-order valence-corrected chi connectivity index (χ0v) is 11.7. The molecule has 0 aliphatic carbocycles. The summed E-state index contributed by atoms with van der Waals surface area (Å²) in [7, 11) is 0. The quantitative estimate of drug-likeness (QED) is 0.818. The van der Waals surface area contributed by atoms with Crippen LogP contribution in [0.3, 0.4) is 0 Å². The van der Waals surface area contributed by atoms with Gasteiger partial charge in [0, 0.05) is 10.6 Å². The fraction of sp³-hybridized carbons (Fsp3) is 0.333. The lowest BCUT2D eigenvalue weighted by Crippen LogP contribution is -2.16. The van der Waals surface area contributed by atoms with Crippen molar-refractivity contribution in [1.29, 1.82) is 0 Å². The Kier molecular flexibility index (Phi) is 4.02. The first-order chi connectivity index (χ1) is 8.58. The average molecular weight is 263 g/mol. The van der Waals surface area contributed by atoms with Gasteiger partial charge < -0.3 is 5.32 Å². The van der Waals surface area contributed by atoms with E-state index in [2.05, 4.69) is 36.7 Å². The first kappa shape index (κ1) is 13.1. The van der Waals surface area contributed by atoms with Crippen molar-refractivity contribution in [3.63, 3.8) is 0 Å². The van der Waals surface area contributed by atoms with Gasteiger partial charge in [0.1, 0.15) is 5.82 Å². The molecule has 2 aromatic rings. The van der Waals surface area contributed by atoms with Gasteiger partial charge in [-0.25, -0.2) is 4.39 Å². The van der Waals surface area contributed by atoms with Crippen LogP contribution in [-0.2, 0) is 0 Å². The van der Waals surface area contributed by atoms with Gasteiger partial charge in [0.25, 0.3) is 0 Å².